The molecule has 1 atom stereocenters. The van der Waals surface area contributed by atoms with Gasteiger partial charge in [0.2, 0.25) is 0 Å². The van der Waals surface area contributed by atoms with Gasteiger partial charge in [-0.25, -0.2) is 0 Å². The second kappa shape index (κ2) is 11.4. The van der Waals surface area contributed by atoms with Crippen molar-refractivity contribution in [1.82, 2.24) is 15.1 Å². The molecule has 2 aliphatic rings. The SMILES string of the molecule is CN=C(NCC(c1ccc(Cl)cc1)N1CCOCC1)N1CCC(C)CC1.I. The van der Waals surface area contributed by atoms with E-state index in [4.69, 9.17) is 16.3 Å². The Labute approximate surface area is 185 Å². The molecule has 27 heavy (non-hydrogen) atoms. The number of morpholine rings is 1. The molecule has 1 N–H and O–H groups in total. The predicted octanol–water partition coefficient (Wildman–Crippen LogP) is 3.64. The molecule has 2 heterocycles. The van der Waals surface area contributed by atoms with Crippen molar-refractivity contribution in [1.29, 1.82) is 0 Å². The van der Waals surface area contributed by atoms with Gasteiger partial charge in [0, 0.05) is 44.8 Å². The fourth-order valence-corrected chi connectivity index (χ4v) is 3.90. The van der Waals surface area contributed by atoms with Crippen LogP contribution >= 0.6 is 35.6 Å². The zero-order valence-corrected chi connectivity index (χ0v) is 19.5. The summed E-state index contributed by atoms with van der Waals surface area (Å²) in [5.74, 6) is 1.84. The zero-order chi connectivity index (χ0) is 18.4. The summed E-state index contributed by atoms with van der Waals surface area (Å²) >= 11 is 6.09. The first-order valence-corrected chi connectivity index (χ1v) is 10.1. The molecule has 1 unspecified atom stereocenters. The number of hydrogen-bond acceptors (Lipinski definition) is 3. The molecule has 3 rings (SSSR count). The van der Waals surface area contributed by atoms with Crippen molar-refractivity contribution >= 4 is 41.5 Å². The number of benzene rings is 1. The number of hydrogen-bond donors (Lipinski definition) is 1. The Morgan fingerprint density at radius 2 is 1.81 bits per heavy atom. The van der Waals surface area contributed by atoms with E-state index in [2.05, 4.69) is 39.2 Å². The van der Waals surface area contributed by atoms with E-state index in [1.54, 1.807) is 0 Å². The highest BCUT2D eigenvalue weighted by atomic mass is 127. The van der Waals surface area contributed by atoms with Gasteiger partial charge >= 0.3 is 0 Å². The number of piperidine rings is 1. The molecule has 7 heteroatoms. The van der Waals surface area contributed by atoms with Crippen LogP contribution in [0.1, 0.15) is 31.4 Å². The summed E-state index contributed by atoms with van der Waals surface area (Å²) in [4.78, 5) is 9.41. The highest BCUT2D eigenvalue weighted by molar-refractivity contribution is 14.0. The summed E-state index contributed by atoms with van der Waals surface area (Å²) in [6.07, 6.45) is 2.48. The van der Waals surface area contributed by atoms with Crippen molar-refractivity contribution in [3.05, 3.63) is 34.9 Å². The number of halogens is 2. The van der Waals surface area contributed by atoms with Gasteiger partial charge in [-0.05, 0) is 36.5 Å². The van der Waals surface area contributed by atoms with Crippen molar-refractivity contribution in [2.75, 3.05) is 53.0 Å². The highest BCUT2D eigenvalue weighted by Gasteiger charge is 2.24. The quantitative estimate of drug-likeness (QED) is 0.385. The summed E-state index contributed by atoms with van der Waals surface area (Å²) in [5, 5.41) is 4.40. The van der Waals surface area contributed by atoms with Crippen LogP contribution in [0, 0.1) is 5.92 Å². The molecule has 2 fully saturated rings. The summed E-state index contributed by atoms with van der Waals surface area (Å²) in [5.41, 5.74) is 1.28. The molecular formula is C20H32ClIN4O. The molecule has 1 aromatic carbocycles. The number of likely N-dealkylation sites (tertiary alicyclic amines) is 1. The molecule has 2 saturated heterocycles. The average molecular weight is 507 g/mol. The predicted molar refractivity (Wildman–Crippen MR) is 123 cm³/mol. The van der Waals surface area contributed by atoms with Crippen LogP contribution in [0.3, 0.4) is 0 Å². The Hall–Kier alpha value is -0.570. The van der Waals surface area contributed by atoms with Crippen LogP contribution in [-0.2, 0) is 4.74 Å². The average Bonchev–Trinajstić information content (AvgIpc) is 2.68. The monoisotopic (exact) mass is 506 g/mol. The fraction of sp³-hybridized carbons (Fsp3) is 0.650. The van der Waals surface area contributed by atoms with Gasteiger partial charge in [-0.1, -0.05) is 30.7 Å². The second-order valence-electron chi connectivity index (χ2n) is 7.31. The summed E-state index contributed by atoms with van der Waals surface area (Å²) in [6, 6.07) is 8.51. The Balaban J connectivity index is 0.00000261. The van der Waals surface area contributed by atoms with E-state index in [-0.39, 0.29) is 30.0 Å². The van der Waals surface area contributed by atoms with Crippen molar-refractivity contribution in [3.8, 4) is 0 Å². The van der Waals surface area contributed by atoms with E-state index in [0.29, 0.717) is 0 Å². The molecule has 2 aliphatic heterocycles. The first kappa shape index (κ1) is 22.7. The van der Waals surface area contributed by atoms with Crippen molar-refractivity contribution in [3.63, 3.8) is 0 Å². The Morgan fingerprint density at radius 1 is 1.19 bits per heavy atom. The molecule has 0 aliphatic carbocycles. The third-order valence-corrected chi connectivity index (χ3v) is 5.74. The first-order valence-electron chi connectivity index (χ1n) is 9.70. The zero-order valence-electron chi connectivity index (χ0n) is 16.4. The van der Waals surface area contributed by atoms with E-state index >= 15 is 0 Å². The molecule has 1 aromatic rings. The van der Waals surface area contributed by atoms with E-state index in [1.807, 2.05) is 19.2 Å². The lowest BCUT2D eigenvalue weighted by Crippen LogP contribution is -2.49. The van der Waals surface area contributed by atoms with Crippen LogP contribution in [0.4, 0.5) is 0 Å². The van der Waals surface area contributed by atoms with Gasteiger partial charge in [0.25, 0.3) is 0 Å². The van der Waals surface area contributed by atoms with E-state index < -0.39 is 0 Å². The Morgan fingerprint density at radius 3 is 2.41 bits per heavy atom. The highest BCUT2D eigenvalue weighted by Crippen LogP contribution is 2.23. The van der Waals surface area contributed by atoms with Crippen LogP contribution < -0.4 is 5.32 Å². The van der Waals surface area contributed by atoms with Crippen LogP contribution in [0.25, 0.3) is 0 Å². The molecule has 0 bridgehead atoms. The largest absolute Gasteiger partial charge is 0.379 e. The summed E-state index contributed by atoms with van der Waals surface area (Å²) in [7, 11) is 1.88. The minimum Gasteiger partial charge on any atom is -0.379 e. The fourth-order valence-electron chi connectivity index (χ4n) is 3.77. The lowest BCUT2D eigenvalue weighted by molar-refractivity contribution is 0.0168. The smallest absolute Gasteiger partial charge is 0.193 e. The van der Waals surface area contributed by atoms with E-state index in [1.165, 1.54) is 18.4 Å². The lowest BCUT2D eigenvalue weighted by atomic mass is 9.99. The number of nitrogens with zero attached hydrogens (tertiary/aromatic N) is 3. The minimum atomic E-state index is 0. The van der Waals surface area contributed by atoms with Crippen LogP contribution in [0.2, 0.25) is 5.02 Å². The Kier molecular flexibility index (Phi) is 9.62. The minimum absolute atomic E-state index is 0. The van der Waals surface area contributed by atoms with Crippen molar-refractivity contribution in [2.45, 2.75) is 25.8 Å². The standard InChI is InChI=1S/C20H31ClN4O.HI/c1-16-7-9-25(10-8-16)20(22-2)23-15-19(24-11-13-26-14-12-24)17-3-5-18(21)6-4-17;/h3-6,16,19H,7-15H2,1-2H3,(H,22,23);1H. The lowest BCUT2D eigenvalue weighted by Gasteiger charge is -2.37. The normalized spacial score (nSPS) is 20.9. The number of rotatable bonds is 4. The molecular weight excluding hydrogens is 475 g/mol. The van der Waals surface area contributed by atoms with E-state index in [9.17, 15) is 0 Å². The van der Waals surface area contributed by atoms with Crippen LogP contribution in [0.15, 0.2) is 29.3 Å². The molecule has 0 radical (unpaired) electrons. The maximum Gasteiger partial charge on any atom is 0.193 e. The third kappa shape index (κ3) is 6.48. The maximum absolute atomic E-state index is 6.09. The molecule has 0 spiro atoms. The third-order valence-electron chi connectivity index (χ3n) is 5.49. The maximum atomic E-state index is 6.09. The van der Waals surface area contributed by atoms with Gasteiger partial charge in [-0.15, -0.1) is 24.0 Å². The Bertz CT molecular complexity index is 584. The molecule has 5 nitrogen and oxygen atoms in total. The number of ether oxygens (including phenoxy) is 1. The van der Waals surface area contributed by atoms with E-state index in [0.717, 1.165) is 62.8 Å². The van der Waals surface area contributed by atoms with Gasteiger partial charge in [-0.2, -0.15) is 0 Å². The van der Waals surface area contributed by atoms with Crippen LogP contribution in [-0.4, -0.2) is 68.7 Å². The number of nitrogens with one attached hydrogen (secondary N) is 1. The van der Waals surface area contributed by atoms with Gasteiger partial charge in [0.05, 0.1) is 19.3 Å². The molecule has 152 valence electrons. The number of guanidine groups is 1. The summed E-state index contributed by atoms with van der Waals surface area (Å²) in [6.45, 7) is 8.84. The van der Waals surface area contributed by atoms with Gasteiger partial charge in [-0.3, -0.25) is 9.89 Å². The van der Waals surface area contributed by atoms with Gasteiger partial charge in [0.15, 0.2) is 5.96 Å². The molecule has 0 amide bonds. The van der Waals surface area contributed by atoms with Gasteiger partial charge in [0.1, 0.15) is 0 Å². The molecule has 0 saturated carbocycles. The topological polar surface area (TPSA) is 40.1 Å². The van der Waals surface area contributed by atoms with Crippen molar-refractivity contribution in [2.24, 2.45) is 10.9 Å². The number of aliphatic imine (C=N–C) groups is 1. The van der Waals surface area contributed by atoms with Crippen LogP contribution in [0.5, 0.6) is 0 Å². The van der Waals surface area contributed by atoms with Gasteiger partial charge < -0.3 is 15.0 Å². The second-order valence-corrected chi connectivity index (χ2v) is 7.75. The first-order chi connectivity index (χ1) is 12.7. The summed E-state index contributed by atoms with van der Waals surface area (Å²) < 4.78 is 5.54. The van der Waals surface area contributed by atoms with Crippen molar-refractivity contribution < 1.29 is 4.74 Å². The molecule has 0 aromatic heterocycles.